The Balaban J connectivity index is 2.34. The summed E-state index contributed by atoms with van der Waals surface area (Å²) in [6, 6.07) is 4.00. The fourth-order valence-corrected chi connectivity index (χ4v) is 3.22. The van der Waals surface area contributed by atoms with Crippen molar-refractivity contribution < 1.29 is 4.74 Å². The maximum absolute atomic E-state index is 6.40. The first-order valence-corrected chi connectivity index (χ1v) is 7.42. The SMILES string of the molecule is CCNC(c1cc(Cl)c(OC)cc1Cl)C1CC1(C)C. The van der Waals surface area contributed by atoms with E-state index in [4.69, 9.17) is 27.9 Å². The zero-order valence-electron chi connectivity index (χ0n) is 11.9. The first-order chi connectivity index (χ1) is 8.90. The number of rotatable bonds is 5. The summed E-state index contributed by atoms with van der Waals surface area (Å²) in [5, 5.41) is 4.87. The highest BCUT2D eigenvalue weighted by Gasteiger charge is 2.50. The number of hydrogen-bond acceptors (Lipinski definition) is 2. The molecule has 0 amide bonds. The molecule has 1 aromatic carbocycles. The smallest absolute Gasteiger partial charge is 0.138 e. The van der Waals surface area contributed by atoms with Gasteiger partial charge in [-0.1, -0.05) is 44.0 Å². The van der Waals surface area contributed by atoms with Gasteiger partial charge < -0.3 is 10.1 Å². The minimum Gasteiger partial charge on any atom is -0.495 e. The van der Waals surface area contributed by atoms with Crippen LogP contribution in [0.1, 0.15) is 38.8 Å². The zero-order chi connectivity index (χ0) is 14.2. The number of halogens is 2. The molecule has 0 radical (unpaired) electrons. The molecule has 0 aromatic heterocycles. The van der Waals surface area contributed by atoms with Crippen LogP contribution in [0.25, 0.3) is 0 Å². The van der Waals surface area contributed by atoms with E-state index in [1.807, 2.05) is 6.07 Å². The topological polar surface area (TPSA) is 21.3 Å². The highest BCUT2D eigenvalue weighted by molar-refractivity contribution is 6.34. The molecule has 0 bridgehead atoms. The Hall–Kier alpha value is -0.440. The highest BCUT2D eigenvalue weighted by atomic mass is 35.5. The van der Waals surface area contributed by atoms with Crippen LogP contribution in [0.15, 0.2) is 12.1 Å². The number of methoxy groups -OCH3 is 1. The normalized spacial score (nSPS) is 22.1. The van der Waals surface area contributed by atoms with Crippen molar-refractivity contribution >= 4 is 23.2 Å². The van der Waals surface area contributed by atoms with Gasteiger partial charge in [-0.2, -0.15) is 0 Å². The van der Waals surface area contributed by atoms with E-state index in [0.29, 0.717) is 22.1 Å². The average molecular weight is 302 g/mol. The van der Waals surface area contributed by atoms with Crippen LogP contribution >= 0.6 is 23.2 Å². The van der Waals surface area contributed by atoms with Crippen molar-refractivity contribution in [3.8, 4) is 5.75 Å². The summed E-state index contributed by atoms with van der Waals surface area (Å²) >= 11 is 12.6. The van der Waals surface area contributed by atoms with Crippen molar-refractivity contribution in [2.75, 3.05) is 13.7 Å². The molecule has 19 heavy (non-hydrogen) atoms. The van der Waals surface area contributed by atoms with Crippen molar-refractivity contribution in [2.45, 2.75) is 33.2 Å². The summed E-state index contributed by atoms with van der Waals surface area (Å²) in [6.45, 7) is 7.61. The molecule has 2 rings (SSSR count). The fraction of sp³-hybridized carbons (Fsp3) is 0.600. The van der Waals surface area contributed by atoms with Crippen molar-refractivity contribution in [3.63, 3.8) is 0 Å². The van der Waals surface area contributed by atoms with Crippen LogP contribution in [0.5, 0.6) is 5.75 Å². The minimum absolute atomic E-state index is 0.260. The van der Waals surface area contributed by atoms with Crippen LogP contribution in [0.4, 0.5) is 0 Å². The summed E-state index contributed by atoms with van der Waals surface area (Å²) in [4.78, 5) is 0. The zero-order valence-corrected chi connectivity index (χ0v) is 13.4. The lowest BCUT2D eigenvalue weighted by Crippen LogP contribution is -2.24. The van der Waals surface area contributed by atoms with Crippen LogP contribution in [0, 0.1) is 11.3 Å². The molecule has 1 aliphatic rings. The Morgan fingerprint density at radius 3 is 2.47 bits per heavy atom. The predicted molar refractivity (Wildman–Crippen MR) is 81.3 cm³/mol. The first-order valence-electron chi connectivity index (χ1n) is 6.67. The molecule has 4 heteroatoms. The van der Waals surface area contributed by atoms with Gasteiger partial charge in [0.2, 0.25) is 0 Å². The van der Waals surface area contributed by atoms with E-state index in [2.05, 4.69) is 26.1 Å². The standard InChI is InChI=1S/C15H21Cl2NO/c1-5-18-14(10-8-15(10,2)3)9-6-12(17)13(19-4)7-11(9)16/h6-7,10,14,18H,5,8H2,1-4H3. The van der Waals surface area contributed by atoms with E-state index < -0.39 is 0 Å². The van der Waals surface area contributed by atoms with E-state index in [0.717, 1.165) is 17.1 Å². The Kier molecular flexibility index (Phi) is 4.34. The maximum atomic E-state index is 6.40. The van der Waals surface area contributed by atoms with Gasteiger partial charge in [-0.25, -0.2) is 0 Å². The highest BCUT2D eigenvalue weighted by Crippen LogP contribution is 2.58. The third-order valence-electron chi connectivity index (χ3n) is 4.02. The van der Waals surface area contributed by atoms with Gasteiger partial charge in [0.15, 0.2) is 0 Å². The minimum atomic E-state index is 0.260. The van der Waals surface area contributed by atoms with E-state index in [-0.39, 0.29) is 6.04 Å². The molecule has 2 atom stereocenters. The molecule has 106 valence electrons. The molecule has 1 fully saturated rings. The van der Waals surface area contributed by atoms with Gasteiger partial charge in [-0.3, -0.25) is 0 Å². The first kappa shape index (κ1) is 15.0. The van der Waals surface area contributed by atoms with Crippen molar-refractivity contribution in [2.24, 2.45) is 11.3 Å². The monoisotopic (exact) mass is 301 g/mol. The number of ether oxygens (including phenoxy) is 1. The molecule has 2 unspecified atom stereocenters. The lowest BCUT2D eigenvalue weighted by molar-refractivity contribution is 0.411. The van der Waals surface area contributed by atoms with Crippen molar-refractivity contribution in [1.82, 2.24) is 5.32 Å². The Morgan fingerprint density at radius 2 is 2.00 bits per heavy atom. The molecule has 0 aliphatic heterocycles. The lowest BCUT2D eigenvalue weighted by atomic mass is 9.96. The maximum Gasteiger partial charge on any atom is 0.138 e. The van der Waals surface area contributed by atoms with E-state index >= 15 is 0 Å². The summed E-state index contributed by atoms with van der Waals surface area (Å²) < 4.78 is 5.20. The van der Waals surface area contributed by atoms with Gasteiger partial charge in [-0.15, -0.1) is 0 Å². The second-order valence-corrected chi connectivity index (χ2v) is 6.66. The van der Waals surface area contributed by atoms with Crippen molar-refractivity contribution in [1.29, 1.82) is 0 Å². The van der Waals surface area contributed by atoms with Crippen LogP contribution < -0.4 is 10.1 Å². The molecule has 0 saturated heterocycles. The molecule has 1 N–H and O–H groups in total. The van der Waals surface area contributed by atoms with Gasteiger partial charge in [0.05, 0.1) is 12.1 Å². The van der Waals surface area contributed by atoms with Gasteiger partial charge in [0, 0.05) is 17.1 Å². The van der Waals surface area contributed by atoms with Crippen molar-refractivity contribution in [3.05, 3.63) is 27.7 Å². The summed E-state index contributed by atoms with van der Waals surface area (Å²) in [5.74, 6) is 1.23. The number of hydrogen-bond donors (Lipinski definition) is 1. The van der Waals surface area contributed by atoms with Gasteiger partial charge in [-0.05, 0) is 35.9 Å². The second-order valence-electron chi connectivity index (χ2n) is 5.84. The Labute approximate surface area is 125 Å². The van der Waals surface area contributed by atoms with Gasteiger partial charge in [0.25, 0.3) is 0 Å². The second kappa shape index (κ2) is 5.51. The summed E-state index contributed by atoms with van der Waals surface area (Å²) in [5.41, 5.74) is 1.45. The van der Waals surface area contributed by atoms with E-state index in [1.54, 1.807) is 13.2 Å². The molecule has 0 heterocycles. The van der Waals surface area contributed by atoms with Crippen LogP contribution in [-0.2, 0) is 0 Å². The average Bonchev–Trinajstić information content (AvgIpc) is 2.98. The third-order valence-corrected chi connectivity index (χ3v) is 4.64. The van der Waals surface area contributed by atoms with Crippen LogP contribution in [0.2, 0.25) is 10.0 Å². The third kappa shape index (κ3) is 3.01. The number of benzene rings is 1. The largest absolute Gasteiger partial charge is 0.495 e. The molecule has 0 spiro atoms. The lowest BCUT2D eigenvalue weighted by Gasteiger charge is -2.22. The summed E-state index contributed by atoms with van der Waals surface area (Å²) in [7, 11) is 1.60. The molecule has 2 nitrogen and oxygen atoms in total. The van der Waals surface area contributed by atoms with Gasteiger partial charge in [0.1, 0.15) is 5.75 Å². The molecule has 1 aromatic rings. The van der Waals surface area contributed by atoms with Gasteiger partial charge >= 0.3 is 0 Å². The Bertz CT molecular complexity index is 473. The van der Waals surface area contributed by atoms with Crippen LogP contribution in [0.3, 0.4) is 0 Å². The molecule has 1 aliphatic carbocycles. The number of nitrogens with one attached hydrogen (secondary N) is 1. The fourth-order valence-electron chi connectivity index (χ4n) is 2.70. The van der Waals surface area contributed by atoms with E-state index in [1.165, 1.54) is 6.42 Å². The van der Waals surface area contributed by atoms with Crippen LogP contribution in [-0.4, -0.2) is 13.7 Å². The molecule has 1 saturated carbocycles. The molecular weight excluding hydrogens is 281 g/mol. The Morgan fingerprint density at radius 1 is 1.37 bits per heavy atom. The quantitative estimate of drug-likeness (QED) is 0.851. The predicted octanol–water partition coefficient (Wildman–Crippen LogP) is 4.70. The van der Waals surface area contributed by atoms with E-state index in [9.17, 15) is 0 Å². The molecular formula is C15H21Cl2NO. The summed E-state index contributed by atoms with van der Waals surface area (Å²) in [6.07, 6.45) is 1.21.